The van der Waals surface area contributed by atoms with E-state index < -0.39 is 18.6 Å². The Bertz CT molecular complexity index is 230. The molecule has 0 aromatic carbocycles. The molecule has 0 bridgehead atoms. The maximum Gasteiger partial charge on any atom is 0.394 e. The zero-order chi connectivity index (χ0) is 11.5. The van der Waals surface area contributed by atoms with Gasteiger partial charge in [0.05, 0.1) is 5.92 Å². The SMILES string of the molecule is NCC(CN1CCCCC1=O)C(F)(F)F. The van der Waals surface area contributed by atoms with Gasteiger partial charge in [0, 0.05) is 26.1 Å². The fourth-order valence-corrected chi connectivity index (χ4v) is 1.63. The third kappa shape index (κ3) is 3.37. The lowest BCUT2D eigenvalue weighted by atomic mass is 10.1. The van der Waals surface area contributed by atoms with Crippen molar-refractivity contribution in [2.45, 2.75) is 25.4 Å². The van der Waals surface area contributed by atoms with Crippen molar-refractivity contribution in [3.63, 3.8) is 0 Å². The number of alkyl halides is 3. The first kappa shape index (κ1) is 12.3. The summed E-state index contributed by atoms with van der Waals surface area (Å²) in [4.78, 5) is 12.6. The first-order valence-electron chi connectivity index (χ1n) is 4.99. The molecule has 15 heavy (non-hydrogen) atoms. The number of carbonyl (C=O) groups is 1. The number of hydrogen-bond acceptors (Lipinski definition) is 2. The molecule has 1 unspecified atom stereocenters. The average molecular weight is 224 g/mol. The highest BCUT2D eigenvalue weighted by atomic mass is 19.4. The third-order valence-electron chi connectivity index (χ3n) is 2.61. The second-order valence-electron chi connectivity index (χ2n) is 3.77. The van der Waals surface area contributed by atoms with Crippen LogP contribution >= 0.6 is 0 Å². The van der Waals surface area contributed by atoms with Crippen molar-refractivity contribution in [2.75, 3.05) is 19.6 Å². The molecule has 1 aliphatic rings. The minimum Gasteiger partial charge on any atom is -0.342 e. The van der Waals surface area contributed by atoms with Crippen molar-refractivity contribution in [3.05, 3.63) is 0 Å². The van der Waals surface area contributed by atoms with Crippen molar-refractivity contribution in [3.8, 4) is 0 Å². The van der Waals surface area contributed by atoms with Gasteiger partial charge >= 0.3 is 6.18 Å². The van der Waals surface area contributed by atoms with Crippen LogP contribution in [0.25, 0.3) is 0 Å². The summed E-state index contributed by atoms with van der Waals surface area (Å²) in [7, 11) is 0. The van der Waals surface area contributed by atoms with Crippen LogP contribution in [0.2, 0.25) is 0 Å². The lowest BCUT2D eigenvalue weighted by molar-refractivity contribution is -0.178. The molecule has 1 amide bonds. The summed E-state index contributed by atoms with van der Waals surface area (Å²) < 4.78 is 37.2. The quantitative estimate of drug-likeness (QED) is 0.781. The van der Waals surface area contributed by atoms with E-state index in [4.69, 9.17) is 5.73 Å². The molecule has 0 aliphatic carbocycles. The van der Waals surface area contributed by atoms with Gasteiger partial charge in [-0.25, -0.2) is 0 Å². The number of hydrogen-bond donors (Lipinski definition) is 1. The van der Waals surface area contributed by atoms with E-state index in [0.29, 0.717) is 13.0 Å². The number of piperidine rings is 1. The Morgan fingerprint density at radius 2 is 2.07 bits per heavy atom. The molecule has 0 aromatic heterocycles. The zero-order valence-electron chi connectivity index (χ0n) is 8.39. The van der Waals surface area contributed by atoms with Crippen LogP contribution < -0.4 is 5.73 Å². The van der Waals surface area contributed by atoms with Crippen LogP contribution in [0.3, 0.4) is 0 Å². The lowest BCUT2D eigenvalue weighted by Gasteiger charge is -2.30. The van der Waals surface area contributed by atoms with Gasteiger partial charge in [0.25, 0.3) is 0 Å². The molecule has 1 saturated heterocycles. The van der Waals surface area contributed by atoms with Crippen LogP contribution in [0.1, 0.15) is 19.3 Å². The van der Waals surface area contributed by atoms with Crippen LogP contribution in [-0.4, -0.2) is 36.6 Å². The van der Waals surface area contributed by atoms with Gasteiger partial charge in [-0.3, -0.25) is 4.79 Å². The molecular weight excluding hydrogens is 209 g/mol. The first-order valence-corrected chi connectivity index (χ1v) is 4.99. The highest BCUT2D eigenvalue weighted by Crippen LogP contribution is 2.27. The van der Waals surface area contributed by atoms with Gasteiger partial charge in [-0.15, -0.1) is 0 Å². The molecule has 1 fully saturated rings. The van der Waals surface area contributed by atoms with Crippen molar-refractivity contribution in [1.29, 1.82) is 0 Å². The normalized spacial score (nSPS) is 20.5. The molecule has 1 atom stereocenters. The van der Waals surface area contributed by atoms with Crippen molar-refractivity contribution in [2.24, 2.45) is 11.7 Å². The van der Waals surface area contributed by atoms with Crippen LogP contribution in [-0.2, 0) is 4.79 Å². The van der Waals surface area contributed by atoms with Crippen molar-refractivity contribution >= 4 is 5.91 Å². The highest BCUT2D eigenvalue weighted by molar-refractivity contribution is 5.76. The van der Waals surface area contributed by atoms with E-state index in [1.54, 1.807) is 0 Å². The fraction of sp³-hybridized carbons (Fsp3) is 0.889. The molecule has 0 aromatic rings. The summed E-state index contributed by atoms with van der Waals surface area (Å²) in [6, 6.07) is 0. The number of rotatable bonds is 3. The van der Waals surface area contributed by atoms with Crippen molar-refractivity contribution < 1.29 is 18.0 Å². The number of nitrogens with two attached hydrogens (primary N) is 1. The fourth-order valence-electron chi connectivity index (χ4n) is 1.63. The van der Waals surface area contributed by atoms with Crippen molar-refractivity contribution in [1.82, 2.24) is 4.90 Å². The molecule has 1 heterocycles. The van der Waals surface area contributed by atoms with Crippen LogP contribution in [0, 0.1) is 5.92 Å². The van der Waals surface area contributed by atoms with Gasteiger partial charge in [-0.2, -0.15) is 13.2 Å². The summed E-state index contributed by atoms with van der Waals surface area (Å²) in [5.41, 5.74) is 5.06. The van der Waals surface area contributed by atoms with Crippen LogP contribution in [0.5, 0.6) is 0 Å². The topological polar surface area (TPSA) is 46.3 Å². The van der Waals surface area contributed by atoms with E-state index >= 15 is 0 Å². The van der Waals surface area contributed by atoms with E-state index in [1.165, 1.54) is 4.90 Å². The van der Waals surface area contributed by atoms with Crippen LogP contribution in [0.4, 0.5) is 13.2 Å². The molecule has 1 rings (SSSR count). The molecular formula is C9H15F3N2O. The van der Waals surface area contributed by atoms with Gasteiger partial charge in [0.2, 0.25) is 5.91 Å². The monoisotopic (exact) mass is 224 g/mol. The summed E-state index contributed by atoms with van der Waals surface area (Å²) in [6.45, 7) is -0.336. The van der Waals surface area contributed by atoms with Gasteiger partial charge in [0.1, 0.15) is 0 Å². The number of carbonyl (C=O) groups excluding carboxylic acids is 1. The number of amides is 1. The van der Waals surface area contributed by atoms with Gasteiger partial charge in [-0.05, 0) is 12.8 Å². The molecule has 2 N–H and O–H groups in total. The van der Waals surface area contributed by atoms with Gasteiger partial charge in [0.15, 0.2) is 0 Å². The summed E-state index contributed by atoms with van der Waals surface area (Å²) >= 11 is 0. The molecule has 6 heteroatoms. The van der Waals surface area contributed by atoms with E-state index in [9.17, 15) is 18.0 Å². The molecule has 88 valence electrons. The first-order chi connectivity index (χ1) is 6.95. The largest absolute Gasteiger partial charge is 0.394 e. The smallest absolute Gasteiger partial charge is 0.342 e. The maximum absolute atomic E-state index is 12.4. The Morgan fingerprint density at radius 3 is 2.53 bits per heavy atom. The van der Waals surface area contributed by atoms with E-state index in [0.717, 1.165) is 12.8 Å². The van der Waals surface area contributed by atoms with E-state index in [-0.39, 0.29) is 12.5 Å². The van der Waals surface area contributed by atoms with Gasteiger partial charge in [-0.1, -0.05) is 0 Å². The van der Waals surface area contributed by atoms with E-state index in [1.807, 2.05) is 0 Å². The Kier molecular flexibility index (Phi) is 3.96. The molecule has 0 spiro atoms. The average Bonchev–Trinajstić information content (AvgIpc) is 2.14. The van der Waals surface area contributed by atoms with Crippen LogP contribution in [0.15, 0.2) is 0 Å². The molecule has 0 radical (unpaired) electrons. The predicted molar refractivity (Wildman–Crippen MR) is 49.0 cm³/mol. The highest BCUT2D eigenvalue weighted by Gasteiger charge is 2.40. The minimum atomic E-state index is -4.31. The third-order valence-corrected chi connectivity index (χ3v) is 2.61. The molecule has 0 saturated carbocycles. The number of likely N-dealkylation sites (tertiary alicyclic amines) is 1. The number of halogens is 3. The minimum absolute atomic E-state index is 0.191. The number of nitrogens with zero attached hydrogens (tertiary/aromatic N) is 1. The molecule has 1 aliphatic heterocycles. The predicted octanol–water partition coefficient (Wildman–Crippen LogP) is 1.14. The maximum atomic E-state index is 12.4. The Balaban J connectivity index is 2.54. The summed E-state index contributed by atoms with van der Waals surface area (Å²) in [5.74, 6) is -1.79. The molecule has 3 nitrogen and oxygen atoms in total. The Hall–Kier alpha value is -0.780. The second kappa shape index (κ2) is 4.83. The summed E-state index contributed by atoms with van der Waals surface area (Å²) in [5, 5.41) is 0. The Labute approximate surface area is 86.4 Å². The lowest BCUT2D eigenvalue weighted by Crippen LogP contribution is -2.45. The van der Waals surface area contributed by atoms with Gasteiger partial charge < -0.3 is 10.6 Å². The summed E-state index contributed by atoms with van der Waals surface area (Å²) in [6.07, 6.45) is -2.41. The Morgan fingerprint density at radius 1 is 1.40 bits per heavy atom. The standard InChI is InChI=1S/C9H15F3N2O/c10-9(11,12)7(5-13)6-14-4-2-1-3-8(14)15/h7H,1-6,13H2. The zero-order valence-corrected chi connectivity index (χ0v) is 8.39. The second-order valence-corrected chi connectivity index (χ2v) is 3.77. The van der Waals surface area contributed by atoms with E-state index in [2.05, 4.69) is 0 Å².